The van der Waals surface area contributed by atoms with Crippen LogP contribution in [0.2, 0.25) is 0 Å². The van der Waals surface area contributed by atoms with Gasteiger partial charge in [0.1, 0.15) is 0 Å². The number of hydrogen-bond acceptors (Lipinski definition) is 4. The highest BCUT2D eigenvalue weighted by Gasteiger charge is 2.26. The van der Waals surface area contributed by atoms with Crippen molar-refractivity contribution >= 4 is 0 Å². The molecule has 0 saturated heterocycles. The van der Waals surface area contributed by atoms with Crippen LogP contribution in [-0.4, -0.2) is 42.7 Å². The van der Waals surface area contributed by atoms with E-state index in [9.17, 15) is 10.2 Å². The molecule has 0 heterocycles. The van der Waals surface area contributed by atoms with Crippen molar-refractivity contribution in [1.82, 2.24) is 5.32 Å². The maximum absolute atomic E-state index is 9.92. The second-order valence-corrected chi connectivity index (χ2v) is 5.87. The van der Waals surface area contributed by atoms with Gasteiger partial charge in [-0.25, -0.2) is 0 Å². The third-order valence-electron chi connectivity index (χ3n) is 3.82. The Bertz CT molecular complexity index is 394. The van der Waals surface area contributed by atoms with Gasteiger partial charge in [0.25, 0.3) is 0 Å². The Morgan fingerprint density at radius 2 is 2.05 bits per heavy atom. The van der Waals surface area contributed by atoms with Gasteiger partial charge in [0, 0.05) is 13.2 Å². The van der Waals surface area contributed by atoms with Gasteiger partial charge in [-0.15, -0.1) is 0 Å². The Balaban J connectivity index is 1.77. The molecule has 1 aliphatic rings. The predicted octanol–water partition coefficient (Wildman–Crippen LogP) is 1.27. The first kappa shape index (κ1) is 15.4. The van der Waals surface area contributed by atoms with E-state index in [4.69, 9.17) is 4.74 Å². The standard InChI is InChI=1S/C16H25NO3/c1-16(12-18,14-5-3-2-4-6-14)17-9-15(19)11-20-10-13-7-8-13/h2-6,13,15,17-19H,7-12H2,1H3. The van der Waals surface area contributed by atoms with Crippen molar-refractivity contribution in [3.63, 3.8) is 0 Å². The molecule has 2 atom stereocenters. The number of aliphatic hydroxyl groups excluding tert-OH is 2. The lowest BCUT2D eigenvalue weighted by Crippen LogP contribution is -2.47. The summed E-state index contributed by atoms with van der Waals surface area (Å²) in [6.07, 6.45) is 1.96. The smallest absolute Gasteiger partial charge is 0.0897 e. The molecule has 0 spiro atoms. The van der Waals surface area contributed by atoms with Crippen molar-refractivity contribution in [2.24, 2.45) is 5.92 Å². The summed E-state index contributed by atoms with van der Waals surface area (Å²) in [4.78, 5) is 0. The highest BCUT2D eigenvalue weighted by Crippen LogP contribution is 2.28. The summed E-state index contributed by atoms with van der Waals surface area (Å²) in [5, 5.41) is 22.8. The molecule has 4 heteroatoms. The summed E-state index contributed by atoms with van der Waals surface area (Å²) >= 11 is 0. The summed E-state index contributed by atoms with van der Waals surface area (Å²) in [6, 6.07) is 9.78. The summed E-state index contributed by atoms with van der Waals surface area (Å²) in [5.41, 5.74) is 0.465. The van der Waals surface area contributed by atoms with Gasteiger partial charge in [0.15, 0.2) is 0 Å². The molecule has 1 aliphatic carbocycles. The average Bonchev–Trinajstić information content (AvgIpc) is 3.30. The van der Waals surface area contributed by atoms with Crippen LogP contribution < -0.4 is 5.32 Å². The number of aliphatic hydroxyl groups is 2. The Labute approximate surface area is 120 Å². The lowest BCUT2D eigenvalue weighted by Gasteiger charge is -2.30. The molecule has 0 aromatic heterocycles. The molecule has 0 bridgehead atoms. The van der Waals surface area contributed by atoms with Crippen LogP contribution in [0.5, 0.6) is 0 Å². The zero-order valence-corrected chi connectivity index (χ0v) is 12.1. The number of nitrogens with one attached hydrogen (secondary N) is 1. The molecule has 1 fully saturated rings. The van der Waals surface area contributed by atoms with E-state index in [1.807, 2.05) is 37.3 Å². The minimum Gasteiger partial charge on any atom is -0.394 e. The maximum atomic E-state index is 9.92. The number of ether oxygens (including phenoxy) is 1. The number of hydrogen-bond donors (Lipinski definition) is 3. The van der Waals surface area contributed by atoms with Gasteiger partial charge in [-0.2, -0.15) is 0 Å². The van der Waals surface area contributed by atoms with Crippen molar-refractivity contribution in [1.29, 1.82) is 0 Å². The molecule has 1 aromatic rings. The van der Waals surface area contributed by atoms with E-state index in [0.717, 1.165) is 12.2 Å². The van der Waals surface area contributed by atoms with Crippen molar-refractivity contribution in [3.8, 4) is 0 Å². The molecule has 0 aliphatic heterocycles. The van der Waals surface area contributed by atoms with Crippen LogP contribution in [0.3, 0.4) is 0 Å². The van der Waals surface area contributed by atoms with Crippen LogP contribution in [-0.2, 0) is 10.3 Å². The minimum atomic E-state index is -0.552. The van der Waals surface area contributed by atoms with Crippen molar-refractivity contribution in [3.05, 3.63) is 35.9 Å². The molecule has 4 nitrogen and oxygen atoms in total. The first-order valence-electron chi connectivity index (χ1n) is 7.31. The van der Waals surface area contributed by atoms with Crippen LogP contribution in [0, 0.1) is 5.92 Å². The second-order valence-electron chi connectivity index (χ2n) is 5.87. The zero-order valence-electron chi connectivity index (χ0n) is 12.1. The quantitative estimate of drug-likeness (QED) is 0.637. The Hall–Kier alpha value is -0.940. The highest BCUT2D eigenvalue weighted by atomic mass is 16.5. The highest BCUT2D eigenvalue weighted by molar-refractivity contribution is 5.23. The van der Waals surface area contributed by atoms with Gasteiger partial charge >= 0.3 is 0 Å². The zero-order chi connectivity index (χ0) is 14.4. The van der Waals surface area contributed by atoms with Gasteiger partial charge in [0.05, 0.1) is 24.9 Å². The molecular formula is C16H25NO3. The molecule has 1 saturated carbocycles. The molecule has 2 unspecified atom stereocenters. The number of benzene rings is 1. The van der Waals surface area contributed by atoms with Gasteiger partial charge in [0.2, 0.25) is 0 Å². The third-order valence-corrected chi connectivity index (χ3v) is 3.82. The Morgan fingerprint density at radius 1 is 1.35 bits per heavy atom. The van der Waals surface area contributed by atoms with Crippen molar-refractivity contribution in [2.45, 2.75) is 31.4 Å². The van der Waals surface area contributed by atoms with Crippen molar-refractivity contribution < 1.29 is 14.9 Å². The van der Waals surface area contributed by atoms with Gasteiger partial charge in [-0.3, -0.25) is 0 Å². The molecular weight excluding hydrogens is 254 g/mol. The van der Waals surface area contributed by atoms with Crippen LogP contribution in [0.25, 0.3) is 0 Å². The fourth-order valence-electron chi connectivity index (χ4n) is 2.11. The van der Waals surface area contributed by atoms with E-state index in [-0.39, 0.29) is 6.61 Å². The van der Waals surface area contributed by atoms with E-state index in [1.165, 1.54) is 12.8 Å². The second kappa shape index (κ2) is 7.18. The van der Waals surface area contributed by atoms with Crippen LogP contribution >= 0.6 is 0 Å². The average molecular weight is 279 g/mol. The topological polar surface area (TPSA) is 61.7 Å². The van der Waals surface area contributed by atoms with E-state index in [1.54, 1.807) is 0 Å². The van der Waals surface area contributed by atoms with Crippen LogP contribution in [0.1, 0.15) is 25.3 Å². The van der Waals surface area contributed by atoms with Crippen LogP contribution in [0.4, 0.5) is 0 Å². The van der Waals surface area contributed by atoms with E-state index in [0.29, 0.717) is 19.1 Å². The summed E-state index contributed by atoms with van der Waals surface area (Å²) in [7, 11) is 0. The van der Waals surface area contributed by atoms with Gasteiger partial charge in [-0.05, 0) is 31.2 Å². The SMILES string of the molecule is CC(CO)(NCC(O)COCC1CC1)c1ccccc1. The van der Waals surface area contributed by atoms with Gasteiger partial charge in [-0.1, -0.05) is 30.3 Å². The number of rotatable bonds is 9. The molecule has 2 rings (SSSR count). The minimum absolute atomic E-state index is 0.0212. The fourth-order valence-corrected chi connectivity index (χ4v) is 2.11. The molecule has 1 aromatic carbocycles. The van der Waals surface area contributed by atoms with E-state index < -0.39 is 11.6 Å². The lowest BCUT2D eigenvalue weighted by molar-refractivity contribution is 0.0259. The van der Waals surface area contributed by atoms with Gasteiger partial charge < -0.3 is 20.3 Å². The molecule has 112 valence electrons. The maximum Gasteiger partial charge on any atom is 0.0897 e. The monoisotopic (exact) mass is 279 g/mol. The molecule has 20 heavy (non-hydrogen) atoms. The Morgan fingerprint density at radius 3 is 2.65 bits per heavy atom. The van der Waals surface area contributed by atoms with Crippen molar-refractivity contribution in [2.75, 3.05) is 26.4 Å². The predicted molar refractivity (Wildman–Crippen MR) is 78.4 cm³/mol. The Kier molecular flexibility index (Phi) is 5.54. The summed E-state index contributed by atoms with van der Waals surface area (Å²) < 4.78 is 5.47. The molecule has 0 radical (unpaired) electrons. The largest absolute Gasteiger partial charge is 0.394 e. The van der Waals surface area contributed by atoms with E-state index >= 15 is 0 Å². The third kappa shape index (κ3) is 4.56. The normalized spacial score (nSPS) is 19.6. The molecule has 3 N–H and O–H groups in total. The van der Waals surface area contributed by atoms with Crippen LogP contribution in [0.15, 0.2) is 30.3 Å². The summed E-state index contributed by atoms with van der Waals surface area (Å²) in [5.74, 6) is 0.710. The first-order valence-corrected chi connectivity index (χ1v) is 7.31. The van der Waals surface area contributed by atoms with E-state index in [2.05, 4.69) is 5.32 Å². The lowest BCUT2D eigenvalue weighted by atomic mass is 9.93. The fraction of sp³-hybridized carbons (Fsp3) is 0.625. The first-order chi connectivity index (χ1) is 9.64. The summed E-state index contributed by atoms with van der Waals surface area (Å²) in [6.45, 7) is 3.41. The molecule has 0 amide bonds.